The molecule has 1 aliphatic heterocycles. The fraction of sp³-hybridized carbons (Fsp3) is 0.412. The third-order valence-corrected chi connectivity index (χ3v) is 5.18. The first kappa shape index (κ1) is 15.9. The first-order valence-electron chi connectivity index (χ1n) is 8.98. The molecule has 4 aromatic heterocycles. The van der Waals surface area contributed by atoms with Gasteiger partial charge in [0, 0.05) is 37.4 Å². The van der Waals surface area contributed by atoms with Crippen LogP contribution < -0.4 is 9.80 Å². The lowest BCUT2D eigenvalue weighted by molar-refractivity contribution is 0.625. The second-order valence-corrected chi connectivity index (χ2v) is 6.80. The monoisotopic (exact) mass is 364 g/mol. The molecule has 10 nitrogen and oxygen atoms in total. The van der Waals surface area contributed by atoms with Crippen molar-refractivity contribution in [3.63, 3.8) is 0 Å². The van der Waals surface area contributed by atoms with E-state index in [0.717, 1.165) is 60.5 Å². The SMILES string of the molecule is Cc1nc2ncnn2c(N2CCN(c3ccc4nnc(C)n4n3)CC2)c1C. The zero-order valence-corrected chi connectivity index (χ0v) is 15.5. The van der Waals surface area contributed by atoms with E-state index in [0.29, 0.717) is 5.78 Å². The molecule has 138 valence electrons. The van der Waals surface area contributed by atoms with Crippen molar-refractivity contribution in [1.29, 1.82) is 0 Å². The molecule has 10 heteroatoms. The van der Waals surface area contributed by atoms with E-state index < -0.39 is 0 Å². The van der Waals surface area contributed by atoms with Gasteiger partial charge in [0.15, 0.2) is 11.5 Å². The topological polar surface area (TPSA) is 92.6 Å². The minimum absolute atomic E-state index is 0.644. The van der Waals surface area contributed by atoms with Crippen LogP contribution >= 0.6 is 0 Å². The van der Waals surface area contributed by atoms with Crippen LogP contribution in [0.25, 0.3) is 11.4 Å². The first-order chi connectivity index (χ1) is 13.1. The zero-order chi connectivity index (χ0) is 18.5. The number of hydrogen-bond acceptors (Lipinski definition) is 8. The second kappa shape index (κ2) is 5.86. The van der Waals surface area contributed by atoms with Crippen LogP contribution in [0.4, 0.5) is 11.6 Å². The van der Waals surface area contributed by atoms with Gasteiger partial charge in [-0.15, -0.1) is 15.3 Å². The minimum Gasteiger partial charge on any atom is -0.353 e. The van der Waals surface area contributed by atoms with Gasteiger partial charge in [0.1, 0.15) is 18.0 Å². The summed E-state index contributed by atoms with van der Waals surface area (Å²) in [6, 6.07) is 3.97. The van der Waals surface area contributed by atoms with E-state index >= 15 is 0 Å². The summed E-state index contributed by atoms with van der Waals surface area (Å²) in [7, 11) is 0. The quantitative estimate of drug-likeness (QED) is 0.516. The van der Waals surface area contributed by atoms with Crippen LogP contribution in [-0.4, -0.2) is 65.6 Å². The molecule has 0 radical (unpaired) electrons. The molecule has 0 aromatic carbocycles. The number of rotatable bonds is 2. The predicted octanol–water partition coefficient (Wildman–Crippen LogP) is 0.814. The Hall–Kier alpha value is -3.30. The van der Waals surface area contributed by atoms with E-state index in [9.17, 15) is 0 Å². The van der Waals surface area contributed by atoms with Crippen molar-refractivity contribution >= 4 is 23.1 Å². The molecule has 1 fully saturated rings. The van der Waals surface area contributed by atoms with E-state index in [1.165, 1.54) is 0 Å². The van der Waals surface area contributed by atoms with Crippen LogP contribution in [0.15, 0.2) is 18.5 Å². The van der Waals surface area contributed by atoms with Crippen molar-refractivity contribution in [2.75, 3.05) is 36.0 Å². The molecule has 0 N–H and O–H groups in total. The Labute approximate surface area is 155 Å². The van der Waals surface area contributed by atoms with Crippen molar-refractivity contribution in [3.05, 3.63) is 35.5 Å². The molecular weight excluding hydrogens is 344 g/mol. The van der Waals surface area contributed by atoms with Gasteiger partial charge in [-0.25, -0.2) is 4.98 Å². The molecule has 0 bridgehead atoms. The fourth-order valence-corrected chi connectivity index (χ4v) is 3.59. The molecule has 0 unspecified atom stereocenters. The molecule has 1 aliphatic rings. The third kappa shape index (κ3) is 2.47. The van der Waals surface area contributed by atoms with Gasteiger partial charge >= 0.3 is 0 Å². The standard InChI is InChI=1S/C17H20N10/c1-11-12(2)20-17-18-10-19-27(17)16(11)25-8-6-24(7-9-25)15-5-4-14-22-21-13(3)26(14)23-15/h4-5,10H,6-9H2,1-3H3. The summed E-state index contributed by atoms with van der Waals surface area (Å²) in [6.45, 7) is 9.51. The van der Waals surface area contributed by atoms with E-state index in [4.69, 9.17) is 5.10 Å². The summed E-state index contributed by atoms with van der Waals surface area (Å²) in [5.41, 5.74) is 2.90. The first-order valence-corrected chi connectivity index (χ1v) is 8.98. The van der Waals surface area contributed by atoms with Crippen molar-refractivity contribution in [1.82, 2.24) is 39.4 Å². The number of anilines is 2. The maximum atomic E-state index is 4.69. The summed E-state index contributed by atoms with van der Waals surface area (Å²) in [6.07, 6.45) is 1.56. The molecule has 0 saturated carbocycles. The summed E-state index contributed by atoms with van der Waals surface area (Å²) in [4.78, 5) is 13.4. The van der Waals surface area contributed by atoms with E-state index in [1.807, 2.05) is 30.5 Å². The minimum atomic E-state index is 0.644. The molecule has 0 atom stereocenters. The van der Waals surface area contributed by atoms with Crippen LogP contribution in [0.5, 0.6) is 0 Å². The third-order valence-electron chi connectivity index (χ3n) is 5.18. The van der Waals surface area contributed by atoms with Gasteiger partial charge in [-0.3, -0.25) is 0 Å². The normalized spacial score (nSPS) is 15.2. The van der Waals surface area contributed by atoms with Crippen molar-refractivity contribution in [3.8, 4) is 0 Å². The number of aryl methyl sites for hydroxylation is 2. The Morgan fingerprint density at radius 3 is 2.48 bits per heavy atom. The Bertz CT molecular complexity index is 1140. The van der Waals surface area contributed by atoms with Gasteiger partial charge in [0.2, 0.25) is 0 Å². The molecule has 0 aliphatic carbocycles. The molecule has 1 saturated heterocycles. The number of hydrogen-bond donors (Lipinski definition) is 0. The number of fused-ring (bicyclic) bond motifs is 2. The Balaban J connectivity index is 1.42. The van der Waals surface area contributed by atoms with Crippen LogP contribution in [0.3, 0.4) is 0 Å². The van der Waals surface area contributed by atoms with Gasteiger partial charge < -0.3 is 9.80 Å². The summed E-state index contributed by atoms with van der Waals surface area (Å²) < 4.78 is 3.62. The van der Waals surface area contributed by atoms with Crippen molar-refractivity contribution in [2.45, 2.75) is 20.8 Å². The van der Waals surface area contributed by atoms with Gasteiger partial charge in [0.25, 0.3) is 5.78 Å². The van der Waals surface area contributed by atoms with E-state index in [1.54, 1.807) is 10.8 Å². The number of nitrogens with zero attached hydrogens (tertiary/aromatic N) is 10. The highest BCUT2D eigenvalue weighted by Crippen LogP contribution is 2.24. The largest absolute Gasteiger partial charge is 0.353 e. The van der Waals surface area contributed by atoms with Gasteiger partial charge in [-0.2, -0.15) is 19.1 Å². The average Bonchev–Trinajstić information content (AvgIpc) is 3.29. The van der Waals surface area contributed by atoms with Crippen molar-refractivity contribution < 1.29 is 0 Å². The number of piperazine rings is 1. The molecule has 0 amide bonds. The Morgan fingerprint density at radius 2 is 1.67 bits per heavy atom. The van der Waals surface area contributed by atoms with Gasteiger partial charge in [-0.05, 0) is 32.9 Å². The zero-order valence-electron chi connectivity index (χ0n) is 15.5. The lowest BCUT2D eigenvalue weighted by atomic mass is 10.2. The van der Waals surface area contributed by atoms with Crippen LogP contribution in [0.1, 0.15) is 17.1 Å². The molecular formula is C17H20N10. The molecule has 5 heterocycles. The maximum absolute atomic E-state index is 4.69. The predicted molar refractivity (Wildman–Crippen MR) is 100 cm³/mol. The van der Waals surface area contributed by atoms with Crippen LogP contribution in [0, 0.1) is 20.8 Å². The summed E-state index contributed by atoms with van der Waals surface area (Å²) >= 11 is 0. The highest BCUT2D eigenvalue weighted by Gasteiger charge is 2.23. The lowest BCUT2D eigenvalue weighted by Crippen LogP contribution is -2.47. The maximum Gasteiger partial charge on any atom is 0.254 e. The highest BCUT2D eigenvalue weighted by molar-refractivity contribution is 5.55. The number of aromatic nitrogens is 8. The van der Waals surface area contributed by atoms with Crippen molar-refractivity contribution in [2.24, 2.45) is 0 Å². The molecule has 27 heavy (non-hydrogen) atoms. The second-order valence-electron chi connectivity index (χ2n) is 6.80. The lowest BCUT2D eigenvalue weighted by Gasteiger charge is -2.37. The van der Waals surface area contributed by atoms with Crippen LogP contribution in [-0.2, 0) is 0 Å². The highest BCUT2D eigenvalue weighted by atomic mass is 15.4. The van der Waals surface area contributed by atoms with E-state index in [-0.39, 0.29) is 0 Å². The van der Waals surface area contributed by atoms with Gasteiger partial charge in [0.05, 0.1) is 0 Å². The molecule has 0 spiro atoms. The Kier molecular flexibility index (Phi) is 3.46. The fourth-order valence-electron chi connectivity index (χ4n) is 3.59. The molecule has 4 aromatic rings. The van der Waals surface area contributed by atoms with Gasteiger partial charge in [-0.1, -0.05) is 0 Å². The smallest absolute Gasteiger partial charge is 0.254 e. The van der Waals surface area contributed by atoms with Crippen LogP contribution in [0.2, 0.25) is 0 Å². The Morgan fingerprint density at radius 1 is 0.889 bits per heavy atom. The summed E-state index contributed by atoms with van der Waals surface area (Å²) in [5, 5.41) is 17.2. The van der Waals surface area contributed by atoms with E-state index in [2.05, 4.69) is 42.0 Å². The molecule has 5 rings (SSSR count). The average molecular weight is 364 g/mol. The summed E-state index contributed by atoms with van der Waals surface area (Å²) in [5.74, 6) is 3.46.